The summed E-state index contributed by atoms with van der Waals surface area (Å²) in [6, 6.07) is 0.254. The van der Waals surface area contributed by atoms with E-state index in [1.54, 1.807) is 0 Å². The normalized spacial score (nSPS) is 48.0. The highest BCUT2D eigenvalue weighted by Gasteiger charge is 2.54. The van der Waals surface area contributed by atoms with Crippen LogP contribution in [0.5, 0.6) is 0 Å². The van der Waals surface area contributed by atoms with Gasteiger partial charge in [-0.25, -0.2) is 0 Å². The summed E-state index contributed by atoms with van der Waals surface area (Å²) < 4.78 is 11.4. The Morgan fingerprint density at radius 2 is 2.00 bits per heavy atom. The van der Waals surface area contributed by atoms with Crippen molar-refractivity contribution in [1.29, 1.82) is 0 Å². The van der Waals surface area contributed by atoms with Gasteiger partial charge in [0.1, 0.15) is 12.1 Å². The Balaban J connectivity index is 2.12. The van der Waals surface area contributed by atoms with Gasteiger partial charge < -0.3 is 20.3 Å². The molecular formula is C9H18NO3+. The third kappa shape index (κ3) is 1.48. The Morgan fingerprint density at radius 1 is 1.38 bits per heavy atom. The van der Waals surface area contributed by atoms with Crippen LogP contribution in [0.1, 0.15) is 20.3 Å². The van der Waals surface area contributed by atoms with Crippen LogP contribution in [0.25, 0.3) is 0 Å². The Morgan fingerprint density at radius 3 is 2.62 bits per heavy atom. The van der Waals surface area contributed by atoms with Crippen LogP contribution < -0.4 is 5.73 Å². The smallest absolute Gasteiger partial charge is 0.164 e. The fourth-order valence-electron chi connectivity index (χ4n) is 2.38. The molecule has 2 rings (SSSR count). The average molecular weight is 188 g/mol. The van der Waals surface area contributed by atoms with Crippen LogP contribution in [0, 0.1) is 5.92 Å². The van der Waals surface area contributed by atoms with E-state index in [0.29, 0.717) is 0 Å². The molecule has 76 valence electrons. The van der Waals surface area contributed by atoms with Gasteiger partial charge >= 0.3 is 0 Å². The fraction of sp³-hybridized carbons (Fsp3) is 1.00. The van der Waals surface area contributed by atoms with Crippen molar-refractivity contribution in [3.8, 4) is 0 Å². The number of rotatable bonds is 1. The molecule has 0 aromatic carbocycles. The summed E-state index contributed by atoms with van der Waals surface area (Å²) in [5.74, 6) is -0.298. The summed E-state index contributed by atoms with van der Waals surface area (Å²) in [4.78, 5) is 0. The van der Waals surface area contributed by atoms with Crippen LogP contribution in [0.3, 0.4) is 0 Å². The quantitative estimate of drug-likeness (QED) is 0.562. The van der Waals surface area contributed by atoms with E-state index < -0.39 is 5.79 Å². The summed E-state index contributed by atoms with van der Waals surface area (Å²) >= 11 is 0. The molecule has 1 heterocycles. The lowest BCUT2D eigenvalue weighted by Crippen LogP contribution is -2.65. The Bertz CT molecular complexity index is 207. The van der Waals surface area contributed by atoms with Gasteiger partial charge in [-0.1, -0.05) is 0 Å². The molecule has 2 fully saturated rings. The summed E-state index contributed by atoms with van der Waals surface area (Å²) in [6.45, 7) is 3.99. The molecular weight excluding hydrogens is 170 g/mol. The van der Waals surface area contributed by atoms with E-state index >= 15 is 0 Å². The van der Waals surface area contributed by atoms with Gasteiger partial charge in [0.25, 0.3) is 0 Å². The zero-order valence-electron chi connectivity index (χ0n) is 8.19. The Kier molecular flexibility index (Phi) is 2.11. The first-order valence-corrected chi connectivity index (χ1v) is 4.83. The van der Waals surface area contributed by atoms with Crippen LogP contribution in [-0.2, 0) is 9.47 Å². The minimum atomic E-state index is -0.501. The first-order valence-electron chi connectivity index (χ1n) is 4.83. The summed E-state index contributed by atoms with van der Waals surface area (Å²) in [7, 11) is 0. The molecule has 0 amide bonds. The zero-order chi connectivity index (χ0) is 9.64. The molecule has 0 radical (unpaired) electrons. The number of quaternary nitrogens is 1. The maximum atomic E-state index is 9.14. The molecule has 4 atom stereocenters. The largest absolute Gasteiger partial charge is 0.396 e. The second-order valence-electron chi connectivity index (χ2n) is 4.50. The maximum absolute atomic E-state index is 9.14. The third-order valence-corrected chi connectivity index (χ3v) is 2.93. The van der Waals surface area contributed by atoms with Gasteiger partial charge in [0, 0.05) is 18.9 Å². The Labute approximate surface area is 78.0 Å². The van der Waals surface area contributed by atoms with E-state index in [0.717, 1.165) is 6.42 Å². The predicted molar refractivity (Wildman–Crippen MR) is 45.7 cm³/mol. The number of fused-ring (bicyclic) bond motifs is 1. The number of aliphatic hydroxyl groups excluding tert-OH is 1. The van der Waals surface area contributed by atoms with E-state index in [2.05, 4.69) is 5.73 Å². The van der Waals surface area contributed by atoms with Crippen LogP contribution in [0.15, 0.2) is 0 Å². The molecule has 4 heteroatoms. The van der Waals surface area contributed by atoms with Crippen LogP contribution in [0.2, 0.25) is 0 Å². The first kappa shape index (κ1) is 9.40. The van der Waals surface area contributed by atoms with Crippen molar-refractivity contribution in [3.63, 3.8) is 0 Å². The van der Waals surface area contributed by atoms with Gasteiger partial charge in [-0.05, 0) is 13.8 Å². The molecule has 0 bridgehead atoms. The van der Waals surface area contributed by atoms with Gasteiger partial charge in [0.2, 0.25) is 0 Å². The highest BCUT2D eigenvalue weighted by Crippen LogP contribution is 2.39. The summed E-state index contributed by atoms with van der Waals surface area (Å²) in [5, 5.41) is 9.14. The van der Waals surface area contributed by atoms with Gasteiger partial charge in [0.15, 0.2) is 5.79 Å². The lowest BCUT2D eigenvalue weighted by Gasteiger charge is -2.20. The van der Waals surface area contributed by atoms with E-state index in [1.165, 1.54) is 0 Å². The standard InChI is InChI=1S/C9H17NO3/c1-9(2)12-7-5(4-11)3-6(10)8(7)13-9/h5-8,11H,3-4,10H2,1-2H3/p+1. The highest BCUT2D eigenvalue weighted by molar-refractivity contribution is 4.97. The average Bonchev–Trinajstić information content (AvgIpc) is 2.47. The molecule has 4 N–H and O–H groups in total. The van der Waals surface area contributed by atoms with Crippen LogP contribution in [-0.4, -0.2) is 35.8 Å². The molecule has 4 unspecified atom stereocenters. The van der Waals surface area contributed by atoms with Crippen molar-refractivity contribution in [2.45, 2.75) is 44.3 Å². The number of hydrogen-bond donors (Lipinski definition) is 2. The van der Waals surface area contributed by atoms with E-state index in [-0.39, 0.29) is 30.8 Å². The van der Waals surface area contributed by atoms with Gasteiger partial charge in [0.05, 0.1) is 6.10 Å². The molecule has 4 nitrogen and oxygen atoms in total. The summed E-state index contributed by atoms with van der Waals surface area (Å²) in [6.07, 6.45) is 1.02. The van der Waals surface area contributed by atoms with Crippen LogP contribution >= 0.6 is 0 Å². The van der Waals surface area contributed by atoms with E-state index in [1.807, 2.05) is 13.8 Å². The number of aliphatic hydroxyl groups is 1. The molecule has 1 saturated heterocycles. The van der Waals surface area contributed by atoms with Gasteiger partial charge in [-0.3, -0.25) is 0 Å². The third-order valence-electron chi connectivity index (χ3n) is 2.93. The van der Waals surface area contributed by atoms with Crippen molar-refractivity contribution in [3.05, 3.63) is 0 Å². The monoisotopic (exact) mass is 188 g/mol. The lowest BCUT2D eigenvalue weighted by atomic mass is 10.1. The molecule has 0 aromatic rings. The van der Waals surface area contributed by atoms with E-state index in [9.17, 15) is 0 Å². The van der Waals surface area contributed by atoms with Crippen molar-refractivity contribution in [1.82, 2.24) is 0 Å². The minimum absolute atomic E-state index is 0.0440. The Hall–Kier alpha value is -0.160. The van der Waals surface area contributed by atoms with E-state index in [4.69, 9.17) is 14.6 Å². The molecule has 1 aliphatic heterocycles. The maximum Gasteiger partial charge on any atom is 0.164 e. The second kappa shape index (κ2) is 2.92. The summed E-state index contributed by atoms with van der Waals surface area (Å²) in [5.41, 5.74) is 4.03. The van der Waals surface area contributed by atoms with Crippen molar-refractivity contribution < 1.29 is 20.3 Å². The number of ether oxygens (including phenoxy) is 2. The molecule has 0 aromatic heterocycles. The highest BCUT2D eigenvalue weighted by atomic mass is 16.8. The SMILES string of the molecule is CC1(C)OC2C([NH3+])CC(CO)C2O1. The molecule has 1 saturated carbocycles. The molecule has 0 spiro atoms. The van der Waals surface area contributed by atoms with Crippen molar-refractivity contribution in [2.75, 3.05) is 6.61 Å². The van der Waals surface area contributed by atoms with Gasteiger partial charge in [-0.2, -0.15) is 0 Å². The zero-order valence-corrected chi connectivity index (χ0v) is 8.19. The van der Waals surface area contributed by atoms with Crippen molar-refractivity contribution >= 4 is 0 Å². The minimum Gasteiger partial charge on any atom is -0.396 e. The fourth-order valence-corrected chi connectivity index (χ4v) is 2.38. The van der Waals surface area contributed by atoms with Gasteiger partial charge in [-0.15, -0.1) is 0 Å². The second-order valence-corrected chi connectivity index (χ2v) is 4.50. The lowest BCUT2D eigenvalue weighted by molar-refractivity contribution is -0.436. The number of hydrogen-bond acceptors (Lipinski definition) is 3. The van der Waals surface area contributed by atoms with Crippen LogP contribution in [0.4, 0.5) is 0 Å². The molecule has 2 aliphatic rings. The molecule has 13 heavy (non-hydrogen) atoms. The molecule has 1 aliphatic carbocycles. The topological polar surface area (TPSA) is 66.3 Å². The first-order chi connectivity index (χ1) is 6.03. The predicted octanol–water partition coefficient (Wildman–Crippen LogP) is -0.871. The van der Waals surface area contributed by atoms with Crippen molar-refractivity contribution in [2.24, 2.45) is 5.92 Å².